The molecule has 10 nitrogen and oxygen atoms in total. The van der Waals surface area contributed by atoms with Gasteiger partial charge < -0.3 is 14.8 Å². The first-order valence-corrected chi connectivity index (χ1v) is 12.2. The third-order valence-electron chi connectivity index (χ3n) is 3.34. The number of nitrogens with one attached hydrogen (secondary N) is 4. The number of sulfonamides is 2. The van der Waals surface area contributed by atoms with Gasteiger partial charge in [0.2, 0.25) is 20.0 Å². The molecule has 0 aliphatic rings. The van der Waals surface area contributed by atoms with Crippen LogP contribution in [0.5, 0.6) is 11.5 Å². The Morgan fingerprint density at radius 1 is 0.793 bits per heavy atom. The van der Waals surface area contributed by atoms with Crippen molar-refractivity contribution in [2.45, 2.75) is 0 Å². The summed E-state index contributed by atoms with van der Waals surface area (Å²) in [6.45, 7) is 0.218. The van der Waals surface area contributed by atoms with Gasteiger partial charge >= 0.3 is 0 Å². The molecule has 0 aromatic heterocycles. The third-order valence-corrected chi connectivity index (χ3v) is 4.52. The molecule has 0 unspecified atom stereocenters. The lowest BCUT2D eigenvalue weighted by molar-refractivity contribution is 0.297. The van der Waals surface area contributed by atoms with Crippen LogP contribution in [0.15, 0.2) is 42.5 Å². The van der Waals surface area contributed by atoms with Gasteiger partial charge in [0, 0.05) is 11.8 Å². The van der Waals surface area contributed by atoms with Crippen LogP contribution < -0.4 is 29.6 Å². The van der Waals surface area contributed by atoms with Crippen molar-refractivity contribution in [2.24, 2.45) is 0 Å². The van der Waals surface area contributed by atoms with E-state index in [-0.39, 0.29) is 13.5 Å². The van der Waals surface area contributed by atoms with Crippen molar-refractivity contribution in [1.82, 2.24) is 5.32 Å². The van der Waals surface area contributed by atoms with E-state index in [9.17, 15) is 16.8 Å². The van der Waals surface area contributed by atoms with Gasteiger partial charge in [0.25, 0.3) is 0 Å². The average molecular weight is 445 g/mol. The van der Waals surface area contributed by atoms with Crippen molar-refractivity contribution in [1.29, 1.82) is 0 Å². The average Bonchev–Trinajstić information content (AvgIpc) is 2.60. The highest BCUT2D eigenvalue weighted by Gasteiger charge is 2.11. The van der Waals surface area contributed by atoms with Crippen LogP contribution in [0.4, 0.5) is 17.1 Å². The zero-order valence-electron chi connectivity index (χ0n) is 16.2. The van der Waals surface area contributed by atoms with Gasteiger partial charge in [-0.1, -0.05) is 12.1 Å². The maximum Gasteiger partial charge on any atom is 0.229 e. The smallest absolute Gasteiger partial charge is 0.229 e. The Balaban J connectivity index is 2.09. The standard InChI is InChI=1S/C17H24N4O6S2/c1-18-11-26-17-10-13(8-9-15(17)21-29(3,24)25)19-12-27-16-7-5-4-6-14(16)20-28(2,22)23/h4-10,18-21H,11-12H2,1-3H3. The van der Waals surface area contributed by atoms with E-state index < -0.39 is 20.0 Å². The first-order chi connectivity index (χ1) is 13.6. The molecule has 2 aromatic rings. The van der Waals surface area contributed by atoms with Crippen molar-refractivity contribution in [2.75, 3.05) is 47.8 Å². The van der Waals surface area contributed by atoms with E-state index in [0.717, 1.165) is 12.5 Å². The summed E-state index contributed by atoms with van der Waals surface area (Å²) >= 11 is 0. The summed E-state index contributed by atoms with van der Waals surface area (Å²) in [5.41, 5.74) is 1.24. The topological polar surface area (TPSA) is 135 Å². The van der Waals surface area contributed by atoms with E-state index in [2.05, 4.69) is 20.1 Å². The number of anilines is 3. The quantitative estimate of drug-likeness (QED) is 0.382. The van der Waals surface area contributed by atoms with Gasteiger partial charge in [-0.2, -0.15) is 0 Å². The lowest BCUT2D eigenvalue weighted by Crippen LogP contribution is -2.17. The summed E-state index contributed by atoms with van der Waals surface area (Å²) in [6.07, 6.45) is 2.11. The molecule has 0 saturated carbocycles. The molecule has 2 rings (SSSR count). The zero-order valence-corrected chi connectivity index (χ0v) is 17.9. The van der Waals surface area contributed by atoms with Crippen LogP contribution in [-0.4, -0.2) is 49.9 Å². The molecule has 2 aromatic carbocycles. The molecule has 0 radical (unpaired) electrons. The van der Waals surface area contributed by atoms with E-state index >= 15 is 0 Å². The van der Waals surface area contributed by atoms with Crippen LogP contribution in [-0.2, 0) is 20.0 Å². The summed E-state index contributed by atoms with van der Waals surface area (Å²) in [6, 6.07) is 11.5. The zero-order chi connectivity index (χ0) is 21.5. The fraction of sp³-hybridized carbons (Fsp3) is 0.294. The number of hydrogen-bond acceptors (Lipinski definition) is 8. The Hall–Kier alpha value is -2.70. The summed E-state index contributed by atoms with van der Waals surface area (Å²) in [4.78, 5) is 0. The third kappa shape index (κ3) is 8.05. The second kappa shape index (κ2) is 9.67. The second-order valence-corrected chi connectivity index (χ2v) is 9.56. The molecule has 12 heteroatoms. The van der Waals surface area contributed by atoms with E-state index in [0.29, 0.717) is 28.6 Å². The summed E-state index contributed by atoms with van der Waals surface area (Å²) in [7, 11) is -5.21. The van der Waals surface area contributed by atoms with Crippen molar-refractivity contribution in [3.63, 3.8) is 0 Å². The molecule has 0 aliphatic carbocycles. The van der Waals surface area contributed by atoms with E-state index in [1.165, 1.54) is 0 Å². The second-order valence-electron chi connectivity index (χ2n) is 6.06. The Kier molecular flexibility index (Phi) is 7.53. The van der Waals surface area contributed by atoms with Crippen LogP contribution in [0.2, 0.25) is 0 Å². The minimum Gasteiger partial charge on any atom is -0.476 e. The minimum absolute atomic E-state index is 0.0345. The Morgan fingerprint density at radius 2 is 1.38 bits per heavy atom. The van der Waals surface area contributed by atoms with Crippen molar-refractivity contribution < 1.29 is 26.3 Å². The molecular weight excluding hydrogens is 420 g/mol. The molecule has 0 spiro atoms. The van der Waals surface area contributed by atoms with Gasteiger partial charge in [-0.3, -0.25) is 14.8 Å². The van der Waals surface area contributed by atoms with Gasteiger partial charge in [-0.25, -0.2) is 16.8 Å². The van der Waals surface area contributed by atoms with Gasteiger partial charge in [0.15, 0.2) is 6.73 Å². The summed E-state index contributed by atoms with van der Waals surface area (Å²) < 4.78 is 61.8. The predicted octanol–water partition coefficient (Wildman–Crippen LogP) is 1.43. The number of para-hydroxylation sites is 2. The van der Waals surface area contributed by atoms with E-state index in [1.807, 2.05) is 0 Å². The molecule has 0 aliphatic heterocycles. The lowest BCUT2D eigenvalue weighted by Gasteiger charge is -2.16. The lowest BCUT2D eigenvalue weighted by atomic mass is 10.2. The van der Waals surface area contributed by atoms with Crippen LogP contribution in [0.25, 0.3) is 0 Å². The highest BCUT2D eigenvalue weighted by molar-refractivity contribution is 7.92. The molecular formula is C17H24N4O6S2. The SMILES string of the molecule is CNCOc1cc(NCOc2ccccc2NS(C)(=O)=O)ccc1NS(C)(=O)=O. The molecule has 0 bridgehead atoms. The van der Waals surface area contributed by atoms with Gasteiger partial charge in [-0.05, 0) is 31.3 Å². The maximum absolute atomic E-state index is 11.5. The number of hydrogen-bond donors (Lipinski definition) is 4. The van der Waals surface area contributed by atoms with Crippen LogP contribution in [0.3, 0.4) is 0 Å². The van der Waals surface area contributed by atoms with Gasteiger partial charge in [-0.15, -0.1) is 0 Å². The fourth-order valence-electron chi connectivity index (χ4n) is 2.26. The van der Waals surface area contributed by atoms with Crippen LogP contribution in [0, 0.1) is 0 Å². The molecule has 0 saturated heterocycles. The highest BCUT2D eigenvalue weighted by atomic mass is 32.2. The Morgan fingerprint density at radius 3 is 2.00 bits per heavy atom. The molecule has 0 fully saturated rings. The summed E-state index contributed by atoms with van der Waals surface area (Å²) in [5, 5.41) is 5.83. The Bertz CT molecular complexity index is 1040. The first kappa shape index (κ1) is 22.6. The van der Waals surface area contributed by atoms with E-state index in [4.69, 9.17) is 9.47 Å². The van der Waals surface area contributed by atoms with Crippen LogP contribution >= 0.6 is 0 Å². The number of ether oxygens (including phenoxy) is 2. The molecule has 4 N–H and O–H groups in total. The molecule has 160 valence electrons. The normalized spacial score (nSPS) is 11.6. The van der Waals surface area contributed by atoms with Crippen molar-refractivity contribution in [3.05, 3.63) is 42.5 Å². The Labute approximate surface area is 170 Å². The van der Waals surface area contributed by atoms with Crippen molar-refractivity contribution >= 4 is 37.1 Å². The minimum atomic E-state index is -3.46. The molecule has 0 heterocycles. The van der Waals surface area contributed by atoms with Crippen LogP contribution in [0.1, 0.15) is 0 Å². The monoisotopic (exact) mass is 444 g/mol. The predicted molar refractivity (Wildman–Crippen MR) is 113 cm³/mol. The molecule has 0 atom stereocenters. The van der Waals surface area contributed by atoms with Gasteiger partial charge in [0.05, 0.1) is 23.9 Å². The number of rotatable bonds is 11. The molecule has 0 amide bonds. The van der Waals surface area contributed by atoms with E-state index in [1.54, 1.807) is 49.5 Å². The van der Waals surface area contributed by atoms with Crippen molar-refractivity contribution in [3.8, 4) is 11.5 Å². The highest BCUT2D eigenvalue weighted by Crippen LogP contribution is 2.29. The first-order valence-electron chi connectivity index (χ1n) is 8.40. The maximum atomic E-state index is 11.5. The largest absolute Gasteiger partial charge is 0.476 e. The molecule has 29 heavy (non-hydrogen) atoms. The number of benzene rings is 2. The fourth-order valence-corrected chi connectivity index (χ4v) is 3.40. The summed E-state index contributed by atoms with van der Waals surface area (Å²) in [5.74, 6) is 0.682. The van der Waals surface area contributed by atoms with Gasteiger partial charge in [0.1, 0.15) is 18.2 Å².